The van der Waals surface area contributed by atoms with Crippen molar-refractivity contribution in [2.45, 2.75) is 12.8 Å². The lowest BCUT2D eigenvalue weighted by molar-refractivity contribution is 0.756. The van der Waals surface area contributed by atoms with Gasteiger partial charge in [0.05, 0.1) is 5.69 Å². The van der Waals surface area contributed by atoms with Gasteiger partial charge in [-0.25, -0.2) is 0 Å². The number of aromatic nitrogens is 2. The molecule has 82 valence electrons. The molecule has 0 aliphatic rings. The van der Waals surface area contributed by atoms with E-state index in [4.69, 9.17) is 5.73 Å². The van der Waals surface area contributed by atoms with Crippen LogP contribution in [0.25, 0.3) is 0 Å². The SMILES string of the molecule is Cc1ccccc1C(CN)c1cccnn1. The van der Waals surface area contributed by atoms with Gasteiger partial charge in [0.15, 0.2) is 0 Å². The minimum atomic E-state index is 0.134. The molecule has 1 heterocycles. The van der Waals surface area contributed by atoms with Gasteiger partial charge < -0.3 is 5.73 Å². The van der Waals surface area contributed by atoms with Gasteiger partial charge in [-0.15, -0.1) is 0 Å². The van der Waals surface area contributed by atoms with Gasteiger partial charge in [-0.05, 0) is 30.2 Å². The van der Waals surface area contributed by atoms with Gasteiger partial charge in [0.1, 0.15) is 0 Å². The van der Waals surface area contributed by atoms with Crippen LogP contribution in [-0.2, 0) is 0 Å². The zero-order valence-electron chi connectivity index (χ0n) is 9.30. The Balaban J connectivity index is 2.41. The van der Waals surface area contributed by atoms with E-state index in [1.54, 1.807) is 6.20 Å². The molecule has 0 fully saturated rings. The number of aryl methyl sites for hydroxylation is 1. The first-order valence-corrected chi connectivity index (χ1v) is 5.36. The van der Waals surface area contributed by atoms with Crippen molar-refractivity contribution in [1.82, 2.24) is 10.2 Å². The molecule has 3 heteroatoms. The van der Waals surface area contributed by atoms with Crippen molar-refractivity contribution in [2.75, 3.05) is 6.54 Å². The zero-order chi connectivity index (χ0) is 11.4. The average Bonchev–Trinajstić information content (AvgIpc) is 2.34. The Morgan fingerprint density at radius 2 is 2.00 bits per heavy atom. The van der Waals surface area contributed by atoms with Crippen molar-refractivity contribution in [3.63, 3.8) is 0 Å². The highest BCUT2D eigenvalue weighted by atomic mass is 15.1. The summed E-state index contributed by atoms with van der Waals surface area (Å²) in [5.41, 5.74) is 9.23. The molecule has 0 saturated heterocycles. The molecule has 0 spiro atoms. The third-order valence-corrected chi connectivity index (χ3v) is 2.75. The van der Waals surface area contributed by atoms with Crippen LogP contribution in [0.1, 0.15) is 22.7 Å². The van der Waals surface area contributed by atoms with Gasteiger partial charge in [0, 0.05) is 18.7 Å². The van der Waals surface area contributed by atoms with Crippen molar-refractivity contribution in [3.8, 4) is 0 Å². The second-order valence-corrected chi connectivity index (χ2v) is 3.79. The smallest absolute Gasteiger partial charge is 0.0718 e. The average molecular weight is 213 g/mol. The lowest BCUT2D eigenvalue weighted by Gasteiger charge is -2.16. The second-order valence-electron chi connectivity index (χ2n) is 3.79. The standard InChI is InChI=1S/C13H15N3/c1-10-5-2-3-6-11(10)12(9-14)13-7-4-8-15-16-13/h2-8,12H,9,14H2,1H3. The molecule has 0 bridgehead atoms. The monoisotopic (exact) mass is 213 g/mol. The third-order valence-electron chi connectivity index (χ3n) is 2.75. The summed E-state index contributed by atoms with van der Waals surface area (Å²) >= 11 is 0. The third kappa shape index (κ3) is 2.09. The van der Waals surface area contributed by atoms with E-state index < -0.39 is 0 Å². The van der Waals surface area contributed by atoms with Crippen LogP contribution in [0.15, 0.2) is 42.6 Å². The highest BCUT2D eigenvalue weighted by molar-refractivity contribution is 5.34. The molecule has 0 radical (unpaired) electrons. The van der Waals surface area contributed by atoms with Crippen molar-refractivity contribution < 1.29 is 0 Å². The molecule has 1 aromatic carbocycles. The summed E-state index contributed by atoms with van der Waals surface area (Å²) < 4.78 is 0. The topological polar surface area (TPSA) is 51.8 Å². The largest absolute Gasteiger partial charge is 0.329 e. The summed E-state index contributed by atoms with van der Waals surface area (Å²) in [6, 6.07) is 12.1. The molecule has 0 saturated carbocycles. The molecule has 2 aromatic rings. The maximum Gasteiger partial charge on any atom is 0.0718 e. The quantitative estimate of drug-likeness (QED) is 0.846. The van der Waals surface area contributed by atoms with Crippen molar-refractivity contribution in [2.24, 2.45) is 5.73 Å². The van der Waals surface area contributed by atoms with Gasteiger partial charge >= 0.3 is 0 Å². The van der Waals surface area contributed by atoms with E-state index in [9.17, 15) is 0 Å². The van der Waals surface area contributed by atoms with Crippen LogP contribution >= 0.6 is 0 Å². The zero-order valence-corrected chi connectivity index (χ0v) is 9.30. The number of nitrogens with two attached hydrogens (primary N) is 1. The molecule has 2 rings (SSSR count). The first-order valence-electron chi connectivity index (χ1n) is 5.36. The van der Waals surface area contributed by atoms with Crippen LogP contribution in [0, 0.1) is 6.92 Å². The minimum Gasteiger partial charge on any atom is -0.329 e. The van der Waals surface area contributed by atoms with E-state index >= 15 is 0 Å². The van der Waals surface area contributed by atoms with Crippen molar-refractivity contribution in [1.29, 1.82) is 0 Å². The van der Waals surface area contributed by atoms with Crippen molar-refractivity contribution >= 4 is 0 Å². The van der Waals surface area contributed by atoms with E-state index in [1.807, 2.05) is 24.3 Å². The summed E-state index contributed by atoms with van der Waals surface area (Å²) in [5.74, 6) is 0.134. The molecule has 1 aromatic heterocycles. The predicted molar refractivity (Wildman–Crippen MR) is 64.1 cm³/mol. The Morgan fingerprint density at radius 1 is 1.19 bits per heavy atom. The first-order chi connectivity index (χ1) is 7.83. The summed E-state index contributed by atoms with van der Waals surface area (Å²) in [6.45, 7) is 2.64. The molecule has 0 aliphatic heterocycles. The molecular weight excluding hydrogens is 198 g/mol. The second kappa shape index (κ2) is 4.86. The lowest BCUT2D eigenvalue weighted by Crippen LogP contribution is -2.16. The van der Waals surface area contributed by atoms with Crippen LogP contribution in [0.4, 0.5) is 0 Å². The number of hydrogen-bond donors (Lipinski definition) is 1. The first kappa shape index (κ1) is 10.8. The Morgan fingerprint density at radius 3 is 2.62 bits per heavy atom. The van der Waals surface area contributed by atoms with E-state index in [-0.39, 0.29) is 5.92 Å². The van der Waals surface area contributed by atoms with Gasteiger partial charge in [0.2, 0.25) is 0 Å². The van der Waals surface area contributed by atoms with Crippen LogP contribution in [-0.4, -0.2) is 16.7 Å². The number of hydrogen-bond acceptors (Lipinski definition) is 3. The van der Waals surface area contributed by atoms with E-state index in [0.29, 0.717) is 6.54 Å². The van der Waals surface area contributed by atoms with Crippen LogP contribution in [0.5, 0.6) is 0 Å². The number of nitrogens with zero attached hydrogens (tertiary/aromatic N) is 2. The molecule has 0 amide bonds. The van der Waals surface area contributed by atoms with E-state index in [1.165, 1.54) is 11.1 Å². The summed E-state index contributed by atoms with van der Waals surface area (Å²) in [7, 11) is 0. The van der Waals surface area contributed by atoms with Gasteiger partial charge in [-0.2, -0.15) is 10.2 Å². The molecular formula is C13H15N3. The summed E-state index contributed by atoms with van der Waals surface area (Å²) in [4.78, 5) is 0. The van der Waals surface area contributed by atoms with E-state index in [2.05, 4.69) is 29.3 Å². The highest BCUT2D eigenvalue weighted by Crippen LogP contribution is 2.23. The van der Waals surface area contributed by atoms with Gasteiger partial charge in [-0.1, -0.05) is 24.3 Å². The minimum absolute atomic E-state index is 0.134. The molecule has 2 N–H and O–H groups in total. The Bertz CT molecular complexity index is 454. The molecule has 0 aliphatic carbocycles. The highest BCUT2D eigenvalue weighted by Gasteiger charge is 2.15. The van der Waals surface area contributed by atoms with Gasteiger partial charge in [0.25, 0.3) is 0 Å². The number of benzene rings is 1. The fourth-order valence-electron chi connectivity index (χ4n) is 1.88. The molecule has 3 nitrogen and oxygen atoms in total. The fourth-order valence-corrected chi connectivity index (χ4v) is 1.88. The summed E-state index contributed by atoms with van der Waals surface area (Å²) in [6.07, 6.45) is 1.68. The molecule has 1 unspecified atom stereocenters. The van der Waals surface area contributed by atoms with Crippen LogP contribution in [0.2, 0.25) is 0 Å². The molecule has 1 atom stereocenters. The lowest BCUT2D eigenvalue weighted by atomic mass is 9.92. The molecule has 16 heavy (non-hydrogen) atoms. The maximum absolute atomic E-state index is 5.84. The van der Waals surface area contributed by atoms with Crippen LogP contribution in [0.3, 0.4) is 0 Å². The summed E-state index contributed by atoms with van der Waals surface area (Å²) in [5, 5.41) is 8.04. The fraction of sp³-hybridized carbons (Fsp3) is 0.231. The van der Waals surface area contributed by atoms with Crippen LogP contribution < -0.4 is 5.73 Å². The Hall–Kier alpha value is -1.74. The van der Waals surface area contributed by atoms with Gasteiger partial charge in [-0.3, -0.25) is 0 Å². The van der Waals surface area contributed by atoms with Crippen molar-refractivity contribution in [3.05, 3.63) is 59.4 Å². The van der Waals surface area contributed by atoms with E-state index in [0.717, 1.165) is 5.69 Å². The normalized spacial score (nSPS) is 12.4. The number of rotatable bonds is 3. The Labute approximate surface area is 95.3 Å². The predicted octanol–water partition coefficient (Wildman–Crippen LogP) is 1.88. The Kier molecular flexibility index (Phi) is 3.27. The maximum atomic E-state index is 5.84.